The van der Waals surface area contributed by atoms with Crippen molar-refractivity contribution in [2.24, 2.45) is 5.92 Å². The molecule has 1 aliphatic heterocycles. The van der Waals surface area contributed by atoms with E-state index < -0.39 is 0 Å². The summed E-state index contributed by atoms with van der Waals surface area (Å²) in [4.78, 5) is 35.1. The van der Waals surface area contributed by atoms with Crippen LogP contribution in [0.25, 0.3) is 22.4 Å². The molecule has 1 saturated heterocycles. The van der Waals surface area contributed by atoms with E-state index in [1.54, 1.807) is 17.0 Å². The quantitative estimate of drug-likeness (QED) is 0.520. The smallest absolute Gasteiger partial charge is 0.289 e. The molecule has 1 aliphatic rings. The topological polar surface area (TPSA) is 91.2 Å². The Morgan fingerprint density at radius 3 is 2.55 bits per heavy atom. The Hall–Kier alpha value is -3.87. The molecule has 0 saturated carbocycles. The molecule has 2 N–H and O–H groups in total. The number of nitrogens with zero attached hydrogens (tertiary/aromatic N) is 2. The second kappa shape index (κ2) is 8.10. The van der Waals surface area contributed by atoms with Gasteiger partial charge in [0.2, 0.25) is 5.91 Å². The third-order valence-electron chi connectivity index (χ3n) is 5.71. The number of rotatable bonds is 4. The first-order valence-electron chi connectivity index (χ1n) is 10.4. The van der Waals surface area contributed by atoms with Gasteiger partial charge in [0.1, 0.15) is 5.82 Å². The van der Waals surface area contributed by atoms with E-state index >= 15 is 0 Å². The molecule has 5 rings (SSSR count). The van der Waals surface area contributed by atoms with E-state index in [-0.39, 0.29) is 17.7 Å². The average molecular weight is 414 g/mol. The zero-order valence-corrected chi connectivity index (χ0v) is 16.9. The van der Waals surface area contributed by atoms with Crippen LogP contribution in [0, 0.1) is 5.92 Å². The Bertz CT molecular complexity index is 1190. The summed E-state index contributed by atoms with van der Waals surface area (Å²) in [7, 11) is 0. The summed E-state index contributed by atoms with van der Waals surface area (Å²) in [5, 5.41) is 3.07. The minimum Gasteiger partial charge on any atom is -0.459 e. The monoisotopic (exact) mass is 414 g/mol. The number of anilines is 1. The predicted molar refractivity (Wildman–Crippen MR) is 117 cm³/mol. The van der Waals surface area contributed by atoms with Gasteiger partial charge in [-0.3, -0.25) is 9.59 Å². The number of aromatic amines is 1. The molecular formula is C24H22N4O3. The average Bonchev–Trinajstić information content (AvgIpc) is 3.49. The van der Waals surface area contributed by atoms with Crippen LogP contribution in [0.1, 0.15) is 23.4 Å². The van der Waals surface area contributed by atoms with Crippen LogP contribution in [0.15, 0.2) is 71.3 Å². The Morgan fingerprint density at radius 2 is 1.77 bits per heavy atom. The minimum atomic E-state index is -0.149. The molecule has 0 aliphatic carbocycles. The van der Waals surface area contributed by atoms with Crippen LogP contribution in [-0.4, -0.2) is 39.8 Å². The highest BCUT2D eigenvalue weighted by atomic mass is 16.3. The SMILES string of the molecule is O=C(Nc1ccccc1-c1nc2ccccc2[nH]1)C1CCN(C(=O)c2ccco2)CC1. The highest BCUT2D eigenvalue weighted by molar-refractivity contribution is 5.97. The zero-order chi connectivity index (χ0) is 21.2. The van der Waals surface area contributed by atoms with Crippen molar-refractivity contribution in [2.75, 3.05) is 18.4 Å². The van der Waals surface area contributed by atoms with Crippen LogP contribution in [0.3, 0.4) is 0 Å². The Labute approximate surface area is 179 Å². The molecule has 2 amide bonds. The van der Waals surface area contributed by atoms with Gasteiger partial charge in [-0.2, -0.15) is 0 Å². The first-order valence-corrected chi connectivity index (χ1v) is 10.4. The Morgan fingerprint density at radius 1 is 1.00 bits per heavy atom. The van der Waals surface area contributed by atoms with Crippen LogP contribution in [0.5, 0.6) is 0 Å². The number of benzene rings is 2. The second-order valence-electron chi connectivity index (χ2n) is 7.68. The molecule has 2 aromatic heterocycles. The number of hydrogen-bond acceptors (Lipinski definition) is 4. The standard InChI is InChI=1S/C24H22N4O3/c29-23(16-11-13-28(14-12-16)24(30)21-10-5-15-31-21)27-18-7-2-1-6-17(18)22-25-19-8-3-4-9-20(19)26-22/h1-10,15-16H,11-14H2,(H,25,26)(H,27,29). The van der Waals surface area contributed by atoms with Crippen molar-refractivity contribution in [1.29, 1.82) is 0 Å². The number of amides is 2. The van der Waals surface area contributed by atoms with E-state index in [9.17, 15) is 9.59 Å². The molecule has 3 heterocycles. The van der Waals surface area contributed by atoms with Gasteiger partial charge in [0, 0.05) is 24.6 Å². The number of piperidine rings is 1. The molecule has 7 nitrogen and oxygen atoms in total. The van der Waals surface area contributed by atoms with Crippen molar-refractivity contribution in [2.45, 2.75) is 12.8 Å². The highest BCUT2D eigenvalue weighted by Crippen LogP contribution is 2.29. The zero-order valence-electron chi connectivity index (χ0n) is 16.9. The van der Waals surface area contributed by atoms with E-state index in [0.29, 0.717) is 31.7 Å². The summed E-state index contributed by atoms with van der Waals surface area (Å²) < 4.78 is 5.20. The first-order chi connectivity index (χ1) is 15.2. The molecule has 2 aromatic carbocycles. The van der Waals surface area contributed by atoms with Crippen molar-refractivity contribution in [3.63, 3.8) is 0 Å². The third kappa shape index (κ3) is 3.82. The van der Waals surface area contributed by atoms with Gasteiger partial charge in [0.25, 0.3) is 5.91 Å². The number of carbonyl (C=O) groups is 2. The van der Waals surface area contributed by atoms with Gasteiger partial charge in [-0.25, -0.2) is 4.98 Å². The molecule has 0 unspecified atom stereocenters. The van der Waals surface area contributed by atoms with E-state index in [0.717, 1.165) is 28.1 Å². The van der Waals surface area contributed by atoms with Gasteiger partial charge in [-0.15, -0.1) is 0 Å². The number of hydrogen-bond donors (Lipinski definition) is 2. The minimum absolute atomic E-state index is 0.0336. The molecule has 0 radical (unpaired) electrons. The van der Waals surface area contributed by atoms with E-state index in [1.807, 2.05) is 48.5 Å². The number of carbonyl (C=O) groups excluding carboxylic acids is 2. The lowest BCUT2D eigenvalue weighted by Gasteiger charge is -2.30. The molecule has 0 spiro atoms. The van der Waals surface area contributed by atoms with Gasteiger partial charge < -0.3 is 19.6 Å². The van der Waals surface area contributed by atoms with Crippen LogP contribution < -0.4 is 5.32 Å². The lowest BCUT2D eigenvalue weighted by atomic mass is 9.95. The summed E-state index contributed by atoms with van der Waals surface area (Å²) in [6.45, 7) is 1.06. The molecule has 7 heteroatoms. The number of furan rings is 1. The van der Waals surface area contributed by atoms with Crippen molar-refractivity contribution in [1.82, 2.24) is 14.9 Å². The fourth-order valence-corrected chi connectivity index (χ4v) is 4.01. The second-order valence-corrected chi connectivity index (χ2v) is 7.68. The molecule has 4 aromatic rings. The van der Waals surface area contributed by atoms with Crippen molar-refractivity contribution >= 4 is 28.5 Å². The first kappa shape index (κ1) is 19.1. The van der Waals surface area contributed by atoms with Gasteiger partial charge in [0.05, 0.1) is 23.0 Å². The van der Waals surface area contributed by atoms with Gasteiger partial charge in [-0.1, -0.05) is 24.3 Å². The highest BCUT2D eigenvalue weighted by Gasteiger charge is 2.29. The maximum absolute atomic E-state index is 13.0. The fourth-order valence-electron chi connectivity index (χ4n) is 4.01. The summed E-state index contributed by atoms with van der Waals surface area (Å²) in [6, 6.07) is 18.9. The largest absolute Gasteiger partial charge is 0.459 e. The molecule has 31 heavy (non-hydrogen) atoms. The maximum Gasteiger partial charge on any atom is 0.289 e. The van der Waals surface area contributed by atoms with E-state index in [1.165, 1.54) is 6.26 Å². The van der Waals surface area contributed by atoms with Crippen LogP contribution in [0.4, 0.5) is 5.69 Å². The van der Waals surface area contributed by atoms with Gasteiger partial charge >= 0.3 is 0 Å². The Balaban J connectivity index is 1.28. The Kier molecular flexibility index (Phi) is 5.00. The van der Waals surface area contributed by atoms with E-state index in [2.05, 4.69) is 15.3 Å². The predicted octanol–water partition coefficient (Wildman–Crippen LogP) is 4.31. The fraction of sp³-hybridized carbons (Fsp3) is 0.208. The third-order valence-corrected chi connectivity index (χ3v) is 5.71. The molecular weight excluding hydrogens is 392 g/mol. The van der Waals surface area contributed by atoms with Crippen molar-refractivity contribution in [3.05, 3.63) is 72.7 Å². The van der Waals surface area contributed by atoms with Gasteiger partial charge in [-0.05, 0) is 49.2 Å². The number of para-hydroxylation sites is 3. The molecule has 0 bridgehead atoms. The summed E-state index contributed by atoms with van der Waals surface area (Å²) >= 11 is 0. The molecule has 156 valence electrons. The van der Waals surface area contributed by atoms with Crippen LogP contribution >= 0.6 is 0 Å². The number of H-pyrrole nitrogens is 1. The van der Waals surface area contributed by atoms with Gasteiger partial charge in [0.15, 0.2) is 5.76 Å². The summed E-state index contributed by atoms with van der Waals surface area (Å²) in [5.41, 5.74) is 3.40. The lowest BCUT2D eigenvalue weighted by molar-refractivity contribution is -0.121. The van der Waals surface area contributed by atoms with Crippen molar-refractivity contribution < 1.29 is 14.0 Å². The van der Waals surface area contributed by atoms with E-state index in [4.69, 9.17) is 4.42 Å². The normalized spacial score (nSPS) is 14.6. The van der Waals surface area contributed by atoms with Crippen LogP contribution in [-0.2, 0) is 4.79 Å². The lowest BCUT2D eigenvalue weighted by Crippen LogP contribution is -2.41. The summed E-state index contributed by atoms with van der Waals surface area (Å²) in [5.74, 6) is 0.746. The molecule has 0 atom stereocenters. The number of fused-ring (bicyclic) bond motifs is 1. The maximum atomic E-state index is 13.0. The number of aromatic nitrogens is 2. The van der Waals surface area contributed by atoms with Crippen molar-refractivity contribution in [3.8, 4) is 11.4 Å². The number of likely N-dealkylation sites (tertiary alicyclic amines) is 1. The number of nitrogens with one attached hydrogen (secondary N) is 2. The number of imidazole rings is 1. The summed E-state index contributed by atoms with van der Waals surface area (Å²) in [6.07, 6.45) is 2.73. The molecule has 1 fully saturated rings. The van der Waals surface area contributed by atoms with Crippen LogP contribution in [0.2, 0.25) is 0 Å².